The molecule has 0 fully saturated rings. The summed E-state index contributed by atoms with van der Waals surface area (Å²) in [5.74, 6) is -0.312. The van der Waals surface area contributed by atoms with Gasteiger partial charge < -0.3 is 16.4 Å². The molecule has 0 aliphatic heterocycles. The zero-order valence-electron chi connectivity index (χ0n) is 14.5. The molecule has 0 aliphatic rings. The standard InChI is InChI=1S/C18H20N4O4/c1-11(2)9-17(23)20-13-4-6-14(7-5-13)21-18(24)12-3-8-15(19)16(10-12)22(25)26/h3-8,10-11H,9,19H2,1-2H3,(H,20,23)(H,21,24). The molecule has 0 aromatic heterocycles. The largest absolute Gasteiger partial charge is 0.393 e. The Morgan fingerprint density at radius 1 is 1.08 bits per heavy atom. The van der Waals surface area contributed by atoms with Crippen LogP contribution in [0.1, 0.15) is 30.6 Å². The first-order valence-electron chi connectivity index (χ1n) is 8.01. The minimum absolute atomic E-state index is 0.00644. The van der Waals surface area contributed by atoms with E-state index in [2.05, 4.69) is 10.6 Å². The number of nitrogen functional groups attached to an aromatic ring is 1. The molecule has 8 nitrogen and oxygen atoms in total. The lowest BCUT2D eigenvalue weighted by molar-refractivity contribution is -0.383. The van der Waals surface area contributed by atoms with Gasteiger partial charge in [-0.15, -0.1) is 0 Å². The predicted molar refractivity (Wildman–Crippen MR) is 100.0 cm³/mol. The van der Waals surface area contributed by atoms with E-state index in [1.54, 1.807) is 24.3 Å². The van der Waals surface area contributed by atoms with Crippen LogP contribution in [0.5, 0.6) is 0 Å². The van der Waals surface area contributed by atoms with Crippen LogP contribution in [-0.2, 0) is 4.79 Å². The van der Waals surface area contributed by atoms with E-state index >= 15 is 0 Å². The van der Waals surface area contributed by atoms with E-state index < -0.39 is 10.8 Å². The van der Waals surface area contributed by atoms with Crippen LogP contribution in [0.25, 0.3) is 0 Å². The normalized spacial score (nSPS) is 10.4. The molecule has 0 bridgehead atoms. The molecule has 4 N–H and O–H groups in total. The van der Waals surface area contributed by atoms with Gasteiger partial charge in [-0.25, -0.2) is 0 Å². The van der Waals surface area contributed by atoms with Gasteiger partial charge in [-0.1, -0.05) is 13.8 Å². The molecule has 0 spiro atoms. The number of hydrogen-bond acceptors (Lipinski definition) is 5. The molecule has 2 aromatic rings. The lowest BCUT2D eigenvalue weighted by Gasteiger charge is -2.09. The molecule has 8 heteroatoms. The SMILES string of the molecule is CC(C)CC(=O)Nc1ccc(NC(=O)c2ccc(N)c([N+](=O)[O-])c2)cc1. The Morgan fingerprint density at radius 2 is 1.65 bits per heavy atom. The summed E-state index contributed by atoms with van der Waals surface area (Å²) in [6, 6.07) is 10.5. The van der Waals surface area contributed by atoms with E-state index in [0.717, 1.165) is 6.07 Å². The second-order valence-corrected chi connectivity index (χ2v) is 6.21. The maximum absolute atomic E-state index is 12.2. The summed E-state index contributed by atoms with van der Waals surface area (Å²) in [5, 5.41) is 16.3. The molecule has 0 saturated carbocycles. The first-order chi connectivity index (χ1) is 12.3. The Balaban J connectivity index is 2.05. The topological polar surface area (TPSA) is 127 Å². The highest BCUT2D eigenvalue weighted by Gasteiger charge is 2.16. The smallest absolute Gasteiger partial charge is 0.292 e. The summed E-state index contributed by atoms with van der Waals surface area (Å²) in [6.07, 6.45) is 0.425. The van der Waals surface area contributed by atoms with Gasteiger partial charge in [0, 0.05) is 29.4 Å². The molecule has 26 heavy (non-hydrogen) atoms. The van der Waals surface area contributed by atoms with Gasteiger partial charge in [0.05, 0.1) is 4.92 Å². The Bertz CT molecular complexity index is 832. The van der Waals surface area contributed by atoms with Gasteiger partial charge in [0.15, 0.2) is 0 Å². The van der Waals surface area contributed by atoms with Crippen molar-refractivity contribution in [1.29, 1.82) is 0 Å². The number of nitrogens with one attached hydrogen (secondary N) is 2. The zero-order chi connectivity index (χ0) is 19.3. The van der Waals surface area contributed by atoms with Crippen LogP contribution in [-0.4, -0.2) is 16.7 Å². The van der Waals surface area contributed by atoms with Crippen LogP contribution >= 0.6 is 0 Å². The number of benzene rings is 2. The second-order valence-electron chi connectivity index (χ2n) is 6.21. The molecule has 0 saturated heterocycles. The van der Waals surface area contributed by atoms with Crippen LogP contribution in [0.4, 0.5) is 22.7 Å². The highest BCUT2D eigenvalue weighted by molar-refractivity contribution is 6.05. The molecule has 2 aromatic carbocycles. The van der Waals surface area contributed by atoms with Crippen LogP contribution < -0.4 is 16.4 Å². The summed E-state index contributed by atoms with van der Waals surface area (Å²) in [4.78, 5) is 34.2. The summed E-state index contributed by atoms with van der Waals surface area (Å²) in [7, 11) is 0. The van der Waals surface area contributed by atoms with Crippen molar-refractivity contribution in [1.82, 2.24) is 0 Å². The minimum atomic E-state index is -0.638. The van der Waals surface area contributed by atoms with Gasteiger partial charge in [-0.05, 0) is 42.3 Å². The van der Waals surface area contributed by atoms with Crippen LogP contribution in [0.3, 0.4) is 0 Å². The fraction of sp³-hybridized carbons (Fsp3) is 0.222. The van der Waals surface area contributed by atoms with Gasteiger partial charge in [0.1, 0.15) is 5.69 Å². The third-order valence-electron chi connectivity index (χ3n) is 3.51. The molecule has 0 atom stereocenters. The number of amides is 2. The number of anilines is 3. The quantitative estimate of drug-likeness (QED) is 0.415. The van der Waals surface area contributed by atoms with Crippen molar-refractivity contribution in [3.05, 3.63) is 58.1 Å². The molecule has 136 valence electrons. The lowest BCUT2D eigenvalue weighted by Crippen LogP contribution is -2.14. The monoisotopic (exact) mass is 356 g/mol. The van der Waals surface area contributed by atoms with E-state index in [1.165, 1.54) is 12.1 Å². The Kier molecular flexibility index (Phi) is 5.90. The molecule has 0 aliphatic carbocycles. The molecule has 0 heterocycles. The molecular formula is C18H20N4O4. The Hall–Kier alpha value is -3.42. The van der Waals surface area contributed by atoms with Gasteiger partial charge in [0.2, 0.25) is 5.91 Å². The van der Waals surface area contributed by atoms with E-state index in [9.17, 15) is 19.7 Å². The van der Waals surface area contributed by atoms with Crippen molar-refractivity contribution >= 4 is 34.6 Å². The highest BCUT2D eigenvalue weighted by atomic mass is 16.6. The van der Waals surface area contributed by atoms with Crippen molar-refractivity contribution in [3.8, 4) is 0 Å². The van der Waals surface area contributed by atoms with Gasteiger partial charge >= 0.3 is 0 Å². The number of carbonyl (C=O) groups excluding carboxylic acids is 2. The first-order valence-corrected chi connectivity index (χ1v) is 8.01. The van der Waals surface area contributed by atoms with Crippen molar-refractivity contribution in [2.75, 3.05) is 16.4 Å². The van der Waals surface area contributed by atoms with E-state index in [-0.39, 0.29) is 28.8 Å². The lowest BCUT2D eigenvalue weighted by atomic mass is 10.1. The average Bonchev–Trinajstić information content (AvgIpc) is 2.56. The number of hydrogen-bond donors (Lipinski definition) is 3. The number of carbonyl (C=O) groups is 2. The van der Waals surface area contributed by atoms with E-state index in [0.29, 0.717) is 17.8 Å². The molecule has 0 unspecified atom stereocenters. The van der Waals surface area contributed by atoms with Gasteiger partial charge in [-0.2, -0.15) is 0 Å². The average molecular weight is 356 g/mol. The number of rotatable bonds is 6. The summed E-state index contributed by atoms with van der Waals surface area (Å²) in [6.45, 7) is 3.92. The zero-order valence-corrected chi connectivity index (χ0v) is 14.5. The molecule has 0 radical (unpaired) electrons. The van der Waals surface area contributed by atoms with Crippen molar-refractivity contribution in [3.63, 3.8) is 0 Å². The summed E-state index contributed by atoms with van der Waals surface area (Å²) >= 11 is 0. The summed E-state index contributed by atoms with van der Waals surface area (Å²) < 4.78 is 0. The van der Waals surface area contributed by atoms with Crippen molar-refractivity contribution < 1.29 is 14.5 Å². The number of nitrogens with zero attached hydrogens (tertiary/aromatic N) is 1. The number of nitro groups is 1. The fourth-order valence-corrected chi connectivity index (χ4v) is 2.27. The van der Waals surface area contributed by atoms with Crippen molar-refractivity contribution in [2.45, 2.75) is 20.3 Å². The Morgan fingerprint density at radius 3 is 2.19 bits per heavy atom. The van der Waals surface area contributed by atoms with Crippen LogP contribution in [0.15, 0.2) is 42.5 Å². The van der Waals surface area contributed by atoms with Gasteiger partial charge in [-0.3, -0.25) is 19.7 Å². The van der Waals surface area contributed by atoms with Crippen molar-refractivity contribution in [2.24, 2.45) is 5.92 Å². The van der Waals surface area contributed by atoms with Crippen LogP contribution in [0.2, 0.25) is 0 Å². The van der Waals surface area contributed by atoms with Gasteiger partial charge in [0.25, 0.3) is 11.6 Å². The second kappa shape index (κ2) is 8.11. The van der Waals surface area contributed by atoms with E-state index in [4.69, 9.17) is 5.73 Å². The summed E-state index contributed by atoms with van der Waals surface area (Å²) in [5.41, 5.74) is 6.44. The third kappa shape index (κ3) is 5.04. The number of nitro benzene ring substituents is 1. The molecular weight excluding hydrogens is 336 g/mol. The van der Waals surface area contributed by atoms with E-state index in [1.807, 2.05) is 13.8 Å². The molecule has 2 rings (SSSR count). The fourth-order valence-electron chi connectivity index (χ4n) is 2.27. The highest BCUT2D eigenvalue weighted by Crippen LogP contribution is 2.23. The minimum Gasteiger partial charge on any atom is -0.393 e. The predicted octanol–water partition coefficient (Wildman–Crippen LogP) is 3.41. The maximum atomic E-state index is 12.2. The molecule has 2 amide bonds. The third-order valence-corrected chi connectivity index (χ3v) is 3.51. The first kappa shape index (κ1) is 18.9. The number of nitrogens with two attached hydrogens (primary N) is 1. The Labute approximate surface area is 150 Å². The van der Waals surface area contributed by atoms with Crippen LogP contribution in [0, 0.1) is 16.0 Å². The maximum Gasteiger partial charge on any atom is 0.292 e.